The van der Waals surface area contributed by atoms with Crippen LogP contribution in [0.5, 0.6) is 0 Å². The SMILES string of the molecule is CC(C)SC(C(=O)Nc1nccs1)c1ccc(Cl)c(Cl)c1. The van der Waals surface area contributed by atoms with E-state index in [1.54, 1.807) is 30.1 Å². The van der Waals surface area contributed by atoms with Crippen molar-refractivity contribution in [2.75, 3.05) is 5.32 Å². The first-order chi connectivity index (χ1) is 9.97. The number of hydrogen-bond acceptors (Lipinski definition) is 4. The van der Waals surface area contributed by atoms with Crippen LogP contribution in [0.15, 0.2) is 29.8 Å². The number of nitrogens with one attached hydrogen (secondary N) is 1. The molecule has 1 aromatic heterocycles. The maximum Gasteiger partial charge on any atom is 0.243 e. The van der Waals surface area contributed by atoms with Crippen molar-refractivity contribution in [3.63, 3.8) is 0 Å². The van der Waals surface area contributed by atoms with Crippen LogP contribution in [0.25, 0.3) is 0 Å². The van der Waals surface area contributed by atoms with Gasteiger partial charge in [0, 0.05) is 16.8 Å². The summed E-state index contributed by atoms with van der Waals surface area (Å²) in [6.07, 6.45) is 1.66. The molecule has 0 saturated carbocycles. The fraction of sp³-hybridized carbons (Fsp3) is 0.286. The molecule has 0 aliphatic rings. The summed E-state index contributed by atoms with van der Waals surface area (Å²) < 4.78 is 0. The minimum Gasteiger partial charge on any atom is -0.301 e. The van der Waals surface area contributed by atoms with Crippen LogP contribution >= 0.6 is 46.3 Å². The molecule has 1 atom stereocenters. The quantitative estimate of drug-likeness (QED) is 0.789. The minimum absolute atomic E-state index is 0.109. The Kier molecular flexibility index (Phi) is 5.93. The third kappa shape index (κ3) is 4.61. The molecule has 21 heavy (non-hydrogen) atoms. The topological polar surface area (TPSA) is 42.0 Å². The van der Waals surface area contributed by atoms with E-state index in [0.717, 1.165) is 5.56 Å². The molecule has 1 aromatic carbocycles. The van der Waals surface area contributed by atoms with E-state index in [1.807, 2.05) is 25.3 Å². The number of thiazole rings is 1. The lowest BCUT2D eigenvalue weighted by Gasteiger charge is -2.18. The first kappa shape index (κ1) is 16.6. The number of carbonyl (C=O) groups is 1. The molecule has 0 saturated heterocycles. The lowest BCUT2D eigenvalue weighted by molar-refractivity contribution is -0.115. The molecule has 7 heteroatoms. The van der Waals surface area contributed by atoms with Gasteiger partial charge in [-0.2, -0.15) is 0 Å². The average molecular weight is 361 g/mol. The lowest BCUT2D eigenvalue weighted by Crippen LogP contribution is -2.20. The standard InChI is InChI=1S/C14H14Cl2N2OS2/c1-8(2)21-12(9-3-4-10(15)11(16)7-9)13(19)18-14-17-5-6-20-14/h3-8,12H,1-2H3,(H,17,18,19). The van der Waals surface area contributed by atoms with Gasteiger partial charge in [0.25, 0.3) is 0 Å². The Morgan fingerprint density at radius 2 is 2.10 bits per heavy atom. The molecule has 1 amide bonds. The molecule has 0 aliphatic heterocycles. The zero-order valence-electron chi connectivity index (χ0n) is 11.5. The summed E-state index contributed by atoms with van der Waals surface area (Å²) in [4.78, 5) is 16.6. The van der Waals surface area contributed by atoms with Gasteiger partial charge in [0.1, 0.15) is 5.25 Å². The highest BCUT2D eigenvalue weighted by molar-refractivity contribution is 8.00. The zero-order valence-corrected chi connectivity index (χ0v) is 14.6. The van der Waals surface area contributed by atoms with Gasteiger partial charge in [-0.3, -0.25) is 4.79 Å². The Bertz CT molecular complexity index is 617. The summed E-state index contributed by atoms with van der Waals surface area (Å²) >= 11 is 14.9. The van der Waals surface area contributed by atoms with Gasteiger partial charge in [-0.1, -0.05) is 43.1 Å². The number of hydrogen-bond donors (Lipinski definition) is 1. The van der Waals surface area contributed by atoms with E-state index in [9.17, 15) is 4.79 Å². The van der Waals surface area contributed by atoms with Crippen molar-refractivity contribution in [3.8, 4) is 0 Å². The van der Waals surface area contributed by atoms with Crippen LogP contribution in [0, 0.1) is 0 Å². The number of thioether (sulfide) groups is 1. The molecular weight excluding hydrogens is 347 g/mol. The Morgan fingerprint density at radius 3 is 2.67 bits per heavy atom. The van der Waals surface area contributed by atoms with Crippen LogP contribution in [0.2, 0.25) is 10.0 Å². The maximum absolute atomic E-state index is 12.5. The molecule has 1 unspecified atom stereocenters. The van der Waals surface area contributed by atoms with Crippen molar-refractivity contribution in [2.45, 2.75) is 24.3 Å². The molecule has 0 spiro atoms. The second-order valence-electron chi connectivity index (χ2n) is 4.56. The van der Waals surface area contributed by atoms with Gasteiger partial charge in [-0.15, -0.1) is 23.1 Å². The summed E-state index contributed by atoms with van der Waals surface area (Å²) in [5.41, 5.74) is 0.831. The molecule has 2 aromatic rings. The van der Waals surface area contributed by atoms with E-state index in [1.165, 1.54) is 11.3 Å². The van der Waals surface area contributed by atoms with Crippen LogP contribution in [-0.4, -0.2) is 16.1 Å². The van der Waals surface area contributed by atoms with Crippen LogP contribution in [-0.2, 0) is 4.79 Å². The number of carbonyl (C=O) groups excluding carboxylic acids is 1. The van der Waals surface area contributed by atoms with Crippen molar-refractivity contribution in [3.05, 3.63) is 45.4 Å². The number of halogens is 2. The molecule has 0 radical (unpaired) electrons. The summed E-state index contributed by atoms with van der Waals surface area (Å²) in [6.45, 7) is 4.09. The fourth-order valence-corrected chi connectivity index (χ4v) is 3.56. The van der Waals surface area contributed by atoms with Gasteiger partial charge in [-0.05, 0) is 17.7 Å². The van der Waals surface area contributed by atoms with Crippen molar-refractivity contribution < 1.29 is 4.79 Å². The molecule has 0 fully saturated rings. The number of nitrogens with zero attached hydrogens (tertiary/aromatic N) is 1. The second kappa shape index (κ2) is 7.49. The van der Waals surface area contributed by atoms with Crippen LogP contribution < -0.4 is 5.32 Å². The van der Waals surface area contributed by atoms with E-state index in [-0.39, 0.29) is 11.2 Å². The molecule has 2 rings (SSSR count). The first-order valence-corrected chi connectivity index (χ1v) is 8.86. The highest BCUT2D eigenvalue weighted by Crippen LogP contribution is 2.36. The van der Waals surface area contributed by atoms with Crippen molar-refractivity contribution >= 4 is 57.3 Å². The maximum atomic E-state index is 12.5. The third-order valence-corrected chi connectivity index (χ3v) is 5.29. The largest absolute Gasteiger partial charge is 0.301 e. The smallest absolute Gasteiger partial charge is 0.243 e. The number of amides is 1. The van der Waals surface area contributed by atoms with Crippen molar-refractivity contribution in [2.24, 2.45) is 0 Å². The number of aromatic nitrogens is 1. The van der Waals surface area contributed by atoms with Gasteiger partial charge < -0.3 is 5.32 Å². The predicted molar refractivity (Wildman–Crippen MR) is 92.7 cm³/mol. The normalized spacial score (nSPS) is 12.4. The zero-order chi connectivity index (χ0) is 15.4. The third-order valence-electron chi connectivity index (χ3n) is 2.56. The Balaban J connectivity index is 2.24. The van der Waals surface area contributed by atoms with E-state index >= 15 is 0 Å². The van der Waals surface area contributed by atoms with E-state index in [0.29, 0.717) is 20.4 Å². The van der Waals surface area contributed by atoms with Gasteiger partial charge >= 0.3 is 0 Å². The average Bonchev–Trinajstić information content (AvgIpc) is 2.92. The van der Waals surface area contributed by atoms with Crippen molar-refractivity contribution in [1.29, 1.82) is 0 Å². The lowest BCUT2D eigenvalue weighted by atomic mass is 10.1. The van der Waals surface area contributed by atoms with Gasteiger partial charge in [0.05, 0.1) is 10.0 Å². The Hall–Kier alpha value is -0.750. The number of anilines is 1. The fourth-order valence-electron chi connectivity index (χ4n) is 1.70. The highest BCUT2D eigenvalue weighted by Gasteiger charge is 2.24. The van der Waals surface area contributed by atoms with Gasteiger partial charge in [0.2, 0.25) is 5.91 Å². The molecule has 1 N–H and O–H groups in total. The monoisotopic (exact) mass is 360 g/mol. The Morgan fingerprint density at radius 1 is 1.33 bits per heavy atom. The van der Waals surface area contributed by atoms with E-state index in [2.05, 4.69) is 10.3 Å². The van der Waals surface area contributed by atoms with Gasteiger partial charge in [-0.25, -0.2) is 4.98 Å². The molecule has 1 heterocycles. The van der Waals surface area contributed by atoms with Crippen LogP contribution in [0.4, 0.5) is 5.13 Å². The van der Waals surface area contributed by atoms with Crippen molar-refractivity contribution in [1.82, 2.24) is 4.98 Å². The predicted octanol–water partition coefficient (Wildman–Crippen LogP) is 5.27. The Labute approximate surface area is 142 Å². The van der Waals surface area contributed by atoms with Crippen LogP contribution in [0.1, 0.15) is 24.7 Å². The molecule has 112 valence electrons. The molecule has 0 aliphatic carbocycles. The summed E-state index contributed by atoms with van der Waals surface area (Å²) in [5, 5.41) is 6.11. The summed E-state index contributed by atoms with van der Waals surface area (Å²) in [6, 6.07) is 5.28. The number of rotatable bonds is 5. The second-order valence-corrected chi connectivity index (χ2v) is 7.96. The molecule has 0 bridgehead atoms. The van der Waals surface area contributed by atoms with Crippen LogP contribution in [0.3, 0.4) is 0 Å². The first-order valence-electron chi connectivity index (χ1n) is 6.28. The van der Waals surface area contributed by atoms with E-state index < -0.39 is 0 Å². The van der Waals surface area contributed by atoms with Gasteiger partial charge in [0.15, 0.2) is 5.13 Å². The molecular formula is C14H14Cl2N2OS2. The summed E-state index contributed by atoms with van der Waals surface area (Å²) in [7, 11) is 0. The molecule has 3 nitrogen and oxygen atoms in total. The number of benzene rings is 1. The highest BCUT2D eigenvalue weighted by atomic mass is 35.5. The minimum atomic E-state index is -0.358. The van der Waals surface area contributed by atoms with E-state index in [4.69, 9.17) is 23.2 Å². The summed E-state index contributed by atoms with van der Waals surface area (Å²) in [5.74, 6) is -0.109.